The van der Waals surface area contributed by atoms with Crippen LogP contribution in [0.5, 0.6) is 0 Å². The number of carbonyl (C=O) groups excluding carboxylic acids is 1. The third-order valence-corrected chi connectivity index (χ3v) is 8.42. The molecule has 1 aliphatic rings. The van der Waals surface area contributed by atoms with E-state index < -0.39 is 0 Å². The summed E-state index contributed by atoms with van der Waals surface area (Å²) in [6.45, 7) is 5.85. The number of nitrogens with two attached hydrogens (primary N) is 1. The van der Waals surface area contributed by atoms with Crippen molar-refractivity contribution in [2.45, 2.75) is 12.8 Å². The Kier molecular flexibility index (Phi) is 7.80. The fourth-order valence-electron chi connectivity index (χ4n) is 5.05. The van der Waals surface area contributed by atoms with E-state index in [1.165, 1.54) is 0 Å². The molecule has 1 amide bonds. The Morgan fingerprint density at radius 1 is 1.16 bits per heavy atom. The second kappa shape index (κ2) is 11.1. The number of rotatable bonds is 7. The molecule has 1 saturated heterocycles. The van der Waals surface area contributed by atoms with Gasteiger partial charge in [-0.05, 0) is 49.9 Å². The molecule has 2 aromatic heterocycles. The van der Waals surface area contributed by atoms with Crippen molar-refractivity contribution in [3.8, 4) is 22.4 Å². The molecule has 0 aliphatic carbocycles. The average molecular weight is 569 g/mol. The summed E-state index contributed by atoms with van der Waals surface area (Å²) >= 11 is 12.9. The second-order valence-electron chi connectivity index (χ2n) is 10.0. The zero-order valence-electron chi connectivity index (χ0n) is 21.7. The minimum atomic E-state index is -0.265. The number of halogens is 2. The number of fused-ring (bicyclic) bond motifs is 1. The van der Waals surface area contributed by atoms with Crippen molar-refractivity contribution in [3.05, 3.63) is 64.6 Å². The van der Waals surface area contributed by atoms with Crippen molar-refractivity contribution >= 4 is 54.3 Å². The first kappa shape index (κ1) is 26.7. The van der Waals surface area contributed by atoms with E-state index in [-0.39, 0.29) is 19.7 Å². The van der Waals surface area contributed by atoms with Gasteiger partial charge in [0.2, 0.25) is 5.91 Å². The van der Waals surface area contributed by atoms with E-state index in [4.69, 9.17) is 39.0 Å². The van der Waals surface area contributed by atoms with Crippen molar-refractivity contribution in [1.82, 2.24) is 14.6 Å². The van der Waals surface area contributed by atoms with Crippen molar-refractivity contribution < 1.29 is 4.79 Å². The molecule has 1 fully saturated rings. The van der Waals surface area contributed by atoms with Crippen LogP contribution in [0.15, 0.2) is 54.6 Å². The monoisotopic (exact) mass is 568 g/mol. The number of amides is 1. The van der Waals surface area contributed by atoms with E-state index >= 15 is 0 Å². The highest BCUT2D eigenvalue weighted by Crippen LogP contribution is 2.41. The summed E-state index contributed by atoms with van der Waals surface area (Å²) in [7, 11) is 1.89. The Labute approximate surface area is 234 Å². The number of anilines is 2. The fourth-order valence-corrected chi connectivity index (χ4v) is 6.39. The molecule has 5 rings (SSSR count). The minimum absolute atomic E-state index is 0.180. The first-order chi connectivity index (χ1) is 18.2. The number of hydrogen-bond donors (Lipinski definition) is 1. The summed E-state index contributed by atoms with van der Waals surface area (Å²) in [5, 5.41) is 6.38. The summed E-state index contributed by atoms with van der Waals surface area (Å²) in [6.07, 6.45) is 2.58. The highest BCUT2D eigenvalue weighted by molar-refractivity contribution is 7.56. The van der Waals surface area contributed by atoms with Crippen LogP contribution in [0.4, 0.5) is 11.6 Å². The van der Waals surface area contributed by atoms with Gasteiger partial charge in [-0.2, -0.15) is 9.61 Å². The third kappa shape index (κ3) is 5.33. The van der Waals surface area contributed by atoms with Crippen molar-refractivity contribution in [2.24, 2.45) is 11.7 Å². The van der Waals surface area contributed by atoms with Crippen LogP contribution < -0.4 is 15.5 Å². The lowest BCUT2D eigenvalue weighted by atomic mass is 9.97. The first-order valence-electron chi connectivity index (χ1n) is 12.6. The summed E-state index contributed by atoms with van der Waals surface area (Å²) in [6, 6.07) is 17.5. The molecule has 0 radical (unpaired) electrons. The number of carbonyl (C=O) groups is 1. The quantitative estimate of drug-likeness (QED) is 0.268. The summed E-state index contributed by atoms with van der Waals surface area (Å²) < 4.78 is 1.89. The summed E-state index contributed by atoms with van der Waals surface area (Å²) in [5.74, 6) is 1.26. The lowest BCUT2D eigenvalue weighted by Crippen LogP contribution is -2.42. The highest BCUT2D eigenvalue weighted by Gasteiger charge is 2.29. The van der Waals surface area contributed by atoms with Crippen molar-refractivity contribution in [3.63, 3.8) is 0 Å². The van der Waals surface area contributed by atoms with Crippen LogP contribution in [0.2, 0.25) is 10.0 Å². The Hall–Kier alpha value is -2.86. The number of benzene rings is 2. The number of nitrogens with zero attached hydrogens (tertiary/aromatic N) is 5. The molecule has 10 heteroatoms. The van der Waals surface area contributed by atoms with E-state index in [9.17, 15) is 4.79 Å². The molecular formula is C28H31Cl2N6OP. The topological polar surface area (TPSA) is 79.8 Å². The maximum absolute atomic E-state index is 12.1. The number of piperidine rings is 1. The van der Waals surface area contributed by atoms with E-state index in [2.05, 4.69) is 36.2 Å². The zero-order valence-corrected chi connectivity index (χ0v) is 24.1. The van der Waals surface area contributed by atoms with Gasteiger partial charge in [0.25, 0.3) is 0 Å². The molecule has 2 N–H and O–H groups in total. The predicted octanol–water partition coefficient (Wildman–Crippen LogP) is 6.21. The Bertz CT molecular complexity index is 1470. The molecule has 4 aromatic rings. The molecule has 7 nitrogen and oxygen atoms in total. The van der Waals surface area contributed by atoms with Gasteiger partial charge in [-0.25, -0.2) is 4.98 Å². The van der Waals surface area contributed by atoms with Crippen LogP contribution in [-0.2, 0) is 4.79 Å². The van der Waals surface area contributed by atoms with Crippen molar-refractivity contribution in [1.29, 1.82) is 0 Å². The Morgan fingerprint density at radius 3 is 2.58 bits per heavy atom. The predicted molar refractivity (Wildman–Crippen MR) is 160 cm³/mol. The number of primary amides is 1. The molecule has 0 saturated carbocycles. The molecule has 3 heterocycles. The van der Waals surface area contributed by atoms with Gasteiger partial charge < -0.3 is 15.5 Å². The summed E-state index contributed by atoms with van der Waals surface area (Å²) in [5.41, 5.74) is 9.84. The second-order valence-corrected chi connectivity index (χ2v) is 13.3. The standard InChI is InChI=1S/C28H31Cl2N6OP/c1-34(17-38(2)3)23-15-24(35-14-6-7-19(16-35)27(31)37)36-28(32-23)25(18-10-12-20(29)13-11-18)26(33-36)21-8-4-5-9-22(21)30/h4-5,8-13,15,19H,6-7,14,16-17H2,1-3H3,(H2,31,37)/t19-/m1/s1. The normalized spacial score (nSPS) is 15.8. The molecule has 1 aliphatic heterocycles. The average Bonchev–Trinajstić information content (AvgIpc) is 3.27. The van der Waals surface area contributed by atoms with Gasteiger partial charge in [0.15, 0.2) is 5.65 Å². The molecular weight excluding hydrogens is 538 g/mol. The molecule has 0 spiro atoms. The van der Waals surface area contributed by atoms with Gasteiger partial charge in [-0.1, -0.05) is 61.5 Å². The maximum Gasteiger partial charge on any atom is 0.222 e. The SMILES string of the molecule is CN(CP(C)C)c1cc(N2CCC[C@@H](C(N)=O)C2)n2nc(-c3ccccc3Cl)c(-c3ccc(Cl)cc3)c2n1. The van der Waals surface area contributed by atoms with Crippen LogP contribution in [-0.4, -0.2) is 60.3 Å². The van der Waals surface area contributed by atoms with Gasteiger partial charge in [-0.3, -0.25) is 4.79 Å². The zero-order chi connectivity index (χ0) is 27.0. The molecule has 0 unspecified atom stereocenters. The highest BCUT2D eigenvalue weighted by atomic mass is 35.5. The number of aromatic nitrogens is 3. The Morgan fingerprint density at radius 2 is 1.89 bits per heavy atom. The smallest absolute Gasteiger partial charge is 0.222 e. The van der Waals surface area contributed by atoms with Crippen LogP contribution in [0.3, 0.4) is 0 Å². The van der Waals surface area contributed by atoms with Gasteiger partial charge in [0.1, 0.15) is 17.3 Å². The first-order valence-corrected chi connectivity index (χ1v) is 15.8. The lowest BCUT2D eigenvalue weighted by Gasteiger charge is -2.33. The maximum atomic E-state index is 12.1. The van der Waals surface area contributed by atoms with Gasteiger partial charge in [0.05, 0.1) is 16.5 Å². The molecule has 38 heavy (non-hydrogen) atoms. The molecule has 0 bridgehead atoms. The van der Waals surface area contributed by atoms with Crippen LogP contribution in [0.1, 0.15) is 12.8 Å². The minimum Gasteiger partial charge on any atom is -0.369 e. The molecule has 1 atom stereocenters. The van der Waals surface area contributed by atoms with E-state index in [1.807, 2.05) is 53.0 Å². The largest absolute Gasteiger partial charge is 0.369 e. The van der Waals surface area contributed by atoms with Crippen molar-refractivity contribution in [2.75, 3.05) is 49.6 Å². The Balaban J connectivity index is 1.80. The fraction of sp³-hybridized carbons (Fsp3) is 0.321. The van der Waals surface area contributed by atoms with Crippen LogP contribution in [0, 0.1) is 5.92 Å². The van der Waals surface area contributed by atoms with Crippen LogP contribution in [0.25, 0.3) is 28.0 Å². The van der Waals surface area contributed by atoms with Gasteiger partial charge >= 0.3 is 0 Å². The third-order valence-electron chi connectivity index (χ3n) is 6.85. The lowest BCUT2D eigenvalue weighted by molar-refractivity contribution is -0.122. The molecule has 198 valence electrons. The molecule has 2 aromatic carbocycles. The summed E-state index contributed by atoms with van der Waals surface area (Å²) in [4.78, 5) is 21.7. The van der Waals surface area contributed by atoms with Gasteiger partial charge in [-0.15, -0.1) is 0 Å². The number of hydrogen-bond acceptors (Lipinski definition) is 5. The van der Waals surface area contributed by atoms with E-state index in [0.29, 0.717) is 16.6 Å². The van der Waals surface area contributed by atoms with Crippen LogP contribution >= 0.6 is 31.1 Å². The van der Waals surface area contributed by atoms with E-state index in [1.54, 1.807) is 0 Å². The van der Waals surface area contributed by atoms with Gasteiger partial charge in [0, 0.05) is 43.1 Å². The van der Waals surface area contributed by atoms with E-state index in [0.717, 1.165) is 65.3 Å².